The molecule has 1 fully saturated rings. The molecule has 2 heterocycles. The van der Waals surface area contributed by atoms with Crippen LogP contribution in [0.15, 0.2) is 47.9 Å². The number of aryl methyl sites for hydroxylation is 1. The van der Waals surface area contributed by atoms with Crippen molar-refractivity contribution in [1.82, 2.24) is 0 Å². The highest BCUT2D eigenvalue weighted by molar-refractivity contribution is 7.92. The Morgan fingerprint density at radius 2 is 1.95 bits per heavy atom. The molecule has 4 rings (SSSR count). The lowest BCUT2D eigenvalue weighted by Gasteiger charge is -2.37. The molecule has 2 atom stereocenters. The Kier molecular flexibility index (Phi) is 8.60. The van der Waals surface area contributed by atoms with Crippen molar-refractivity contribution < 1.29 is 27.4 Å². The Balaban J connectivity index is 1.68. The van der Waals surface area contributed by atoms with E-state index >= 15 is 0 Å². The average Bonchev–Trinajstić information content (AvgIpc) is 3.19. The van der Waals surface area contributed by atoms with Crippen molar-refractivity contribution in [3.8, 4) is 5.75 Å². The molecule has 1 saturated heterocycles. The van der Waals surface area contributed by atoms with Gasteiger partial charge in [-0.25, -0.2) is 13.2 Å². The molecule has 0 bridgehead atoms. The van der Waals surface area contributed by atoms with Crippen molar-refractivity contribution in [2.75, 3.05) is 31.2 Å². The second kappa shape index (κ2) is 11.7. The van der Waals surface area contributed by atoms with Gasteiger partial charge in [0.05, 0.1) is 24.3 Å². The maximum Gasteiger partial charge on any atom is 0.341 e. The standard InChI is InChI=1S/C29H37NO6S/c1-5-24-10-8-23-17-22(20(2)3)9-12-27(23)30(24)37(32,33)25-11-13-28(26(18-25)29(31)34-4)36-19-21-7-6-15-35-16-14-21/h9,11-13,17-18,21,24H,2,5-8,10,14-16,19H2,1,3-4H3. The van der Waals surface area contributed by atoms with Gasteiger partial charge in [0.2, 0.25) is 0 Å². The number of fused-ring (bicyclic) bond motifs is 1. The molecule has 7 nitrogen and oxygen atoms in total. The van der Waals surface area contributed by atoms with E-state index in [1.54, 1.807) is 6.07 Å². The predicted molar refractivity (Wildman–Crippen MR) is 145 cm³/mol. The van der Waals surface area contributed by atoms with Crippen LogP contribution in [0.4, 0.5) is 5.69 Å². The van der Waals surface area contributed by atoms with Crippen LogP contribution in [0.5, 0.6) is 5.75 Å². The molecule has 0 aliphatic carbocycles. The fourth-order valence-electron chi connectivity index (χ4n) is 5.12. The molecule has 0 N–H and O–H groups in total. The van der Waals surface area contributed by atoms with Crippen molar-refractivity contribution in [3.63, 3.8) is 0 Å². The van der Waals surface area contributed by atoms with Gasteiger partial charge in [0.25, 0.3) is 10.0 Å². The fraction of sp³-hybridized carbons (Fsp3) is 0.483. The summed E-state index contributed by atoms with van der Waals surface area (Å²) in [6.45, 7) is 9.83. The smallest absolute Gasteiger partial charge is 0.341 e. The summed E-state index contributed by atoms with van der Waals surface area (Å²) in [5, 5.41) is 0. The highest BCUT2D eigenvalue weighted by Crippen LogP contribution is 2.38. The minimum atomic E-state index is -3.96. The van der Waals surface area contributed by atoms with Gasteiger partial charge in [-0.1, -0.05) is 25.1 Å². The summed E-state index contributed by atoms with van der Waals surface area (Å²) in [6.07, 6.45) is 5.04. The SMILES string of the molecule is C=C(C)c1ccc2c(c1)CCC(CC)N2S(=O)(=O)c1ccc(OCC2CCCOCC2)c(C(=O)OC)c1. The van der Waals surface area contributed by atoms with Crippen LogP contribution in [0.2, 0.25) is 0 Å². The number of esters is 1. The Morgan fingerprint density at radius 1 is 1.14 bits per heavy atom. The summed E-state index contributed by atoms with van der Waals surface area (Å²) in [5.74, 6) is 0.0113. The Bertz CT molecular complexity index is 1250. The third kappa shape index (κ3) is 5.85. The monoisotopic (exact) mass is 527 g/mol. The maximum atomic E-state index is 14.1. The number of nitrogens with zero attached hydrogens (tertiary/aromatic N) is 1. The third-order valence-corrected chi connectivity index (χ3v) is 9.18. The molecule has 2 unspecified atom stereocenters. The van der Waals surface area contributed by atoms with Gasteiger partial charge in [-0.2, -0.15) is 0 Å². The van der Waals surface area contributed by atoms with Crippen molar-refractivity contribution in [1.29, 1.82) is 0 Å². The minimum Gasteiger partial charge on any atom is -0.492 e. The van der Waals surface area contributed by atoms with E-state index in [-0.39, 0.29) is 16.5 Å². The van der Waals surface area contributed by atoms with Crippen LogP contribution >= 0.6 is 0 Å². The van der Waals surface area contributed by atoms with E-state index in [4.69, 9.17) is 14.2 Å². The molecule has 0 saturated carbocycles. The molecule has 0 radical (unpaired) electrons. The van der Waals surface area contributed by atoms with Crippen LogP contribution in [-0.4, -0.2) is 47.4 Å². The molecule has 8 heteroatoms. The van der Waals surface area contributed by atoms with E-state index in [1.807, 2.05) is 32.0 Å². The zero-order chi connectivity index (χ0) is 26.6. The van der Waals surface area contributed by atoms with E-state index < -0.39 is 16.0 Å². The predicted octanol–water partition coefficient (Wildman–Crippen LogP) is 5.62. The number of sulfonamides is 1. The number of methoxy groups -OCH3 is 1. The highest BCUT2D eigenvalue weighted by Gasteiger charge is 2.36. The van der Waals surface area contributed by atoms with Gasteiger partial charge in [-0.3, -0.25) is 4.31 Å². The Labute approximate surface area is 220 Å². The zero-order valence-corrected chi connectivity index (χ0v) is 22.8. The Hall–Kier alpha value is -2.84. The number of hydrogen-bond donors (Lipinski definition) is 0. The van der Waals surface area contributed by atoms with E-state index in [0.717, 1.165) is 55.4 Å². The number of hydrogen-bond acceptors (Lipinski definition) is 6. The van der Waals surface area contributed by atoms with Gasteiger partial charge in [0.15, 0.2) is 0 Å². The van der Waals surface area contributed by atoms with E-state index in [1.165, 1.54) is 23.5 Å². The van der Waals surface area contributed by atoms with Gasteiger partial charge >= 0.3 is 5.97 Å². The first kappa shape index (κ1) is 27.2. The average molecular weight is 528 g/mol. The number of ether oxygens (including phenoxy) is 3. The molecule has 2 aromatic rings. The summed E-state index contributed by atoms with van der Waals surface area (Å²) in [7, 11) is -2.68. The molecule has 2 aliphatic heterocycles. The first-order valence-corrected chi connectivity index (χ1v) is 14.5. The first-order chi connectivity index (χ1) is 17.8. The van der Waals surface area contributed by atoms with Crippen LogP contribution in [0, 0.1) is 5.92 Å². The summed E-state index contributed by atoms with van der Waals surface area (Å²) >= 11 is 0. The number of benzene rings is 2. The molecule has 0 amide bonds. The number of carbonyl (C=O) groups is 1. The van der Waals surface area contributed by atoms with Gasteiger partial charge in [0, 0.05) is 19.3 Å². The van der Waals surface area contributed by atoms with E-state index in [0.29, 0.717) is 37.0 Å². The largest absolute Gasteiger partial charge is 0.492 e. The number of allylic oxidation sites excluding steroid dienone is 1. The first-order valence-electron chi connectivity index (χ1n) is 13.0. The fourth-order valence-corrected chi connectivity index (χ4v) is 6.94. The van der Waals surface area contributed by atoms with Crippen molar-refractivity contribution in [3.05, 3.63) is 59.7 Å². The summed E-state index contributed by atoms with van der Waals surface area (Å²) in [4.78, 5) is 12.7. The Morgan fingerprint density at radius 3 is 2.68 bits per heavy atom. The number of rotatable bonds is 8. The molecule has 2 aromatic carbocycles. The quantitative estimate of drug-likeness (QED) is 0.414. The van der Waals surface area contributed by atoms with Gasteiger partial charge < -0.3 is 14.2 Å². The third-order valence-electron chi connectivity index (χ3n) is 7.32. The molecule has 0 aromatic heterocycles. The van der Waals surface area contributed by atoms with Crippen molar-refractivity contribution in [2.24, 2.45) is 5.92 Å². The lowest BCUT2D eigenvalue weighted by atomic mass is 9.94. The van der Waals surface area contributed by atoms with Crippen LogP contribution in [0.3, 0.4) is 0 Å². The molecule has 200 valence electrons. The lowest BCUT2D eigenvalue weighted by molar-refractivity contribution is 0.0594. The molecule has 37 heavy (non-hydrogen) atoms. The molecule has 2 aliphatic rings. The van der Waals surface area contributed by atoms with Gasteiger partial charge in [-0.15, -0.1) is 0 Å². The maximum absolute atomic E-state index is 14.1. The molecular formula is C29H37NO6S. The molecule has 0 spiro atoms. The second-order valence-corrected chi connectivity index (χ2v) is 11.7. The zero-order valence-electron chi connectivity index (χ0n) is 22.0. The lowest BCUT2D eigenvalue weighted by Crippen LogP contribution is -2.43. The number of carbonyl (C=O) groups excluding carboxylic acids is 1. The van der Waals surface area contributed by atoms with Gasteiger partial charge in [0.1, 0.15) is 11.3 Å². The summed E-state index contributed by atoms with van der Waals surface area (Å²) in [6, 6.07) is 10.1. The number of anilines is 1. The van der Waals surface area contributed by atoms with E-state index in [9.17, 15) is 13.2 Å². The highest BCUT2D eigenvalue weighted by atomic mass is 32.2. The van der Waals surface area contributed by atoms with Gasteiger partial charge in [-0.05, 0) is 92.8 Å². The normalized spacial score (nSPS) is 20.0. The topological polar surface area (TPSA) is 82.1 Å². The summed E-state index contributed by atoms with van der Waals surface area (Å²) < 4.78 is 46.2. The second-order valence-electron chi connectivity index (χ2n) is 9.90. The van der Waals surface area contributed by atoms with E-state index in [2.05, 4.69) is 6.58 Å². The van der Waals surface area contributed by atoms with Crippen LogP contribution in [0.25, 0.3) is 5.57 Å². The van der Waals surface area contributed by atoms with Crippen molar-refractivity contribution >= 4 is 27.3 Å². The minimum absolute atomic E-state index is 0.0402. The van der Waals surface area contributed by atoms with Crippen LogP contribution in [-0.2, 0) is 25.9 Å². The van der Waals surface area contributed by atoms with Crippen LogP contribution in [0.1, 0.15) is 67.4 Å². The van der Waals surface area contributed by atoms with Crippen LogP contribution < -0.4 is 9.04 Å². The molecular weight excluding hydrogens is 490 g/mol. The summed E-state index contributed by atoms with van der Waals surface area (Å²) in [5.41, 5.74) is 3.70. The van der Waals surface area contributed by atoms with Crippen molar-refractivity contribution in [2.45, 2.75) is 63.3 Å².